The predicted octanol–water partition coefficient (Wildman–Crippen LogP) is 3.49. The van der Waals surface area contributed by atoms with Crippen molar-refractivity contribution in [2.24, 2.45) is 0 Å². The smallest absolute Gasteiger partial charge is 0.129 e. The zero-order valence-corrected chi connectivity index (χ0v) is 9.62. The van der Waals surface area contributed by atoms with Gasteiger partial charge < -0.3 is 5.11 Å². The largest absolute Gasteiger partial charge is 0.384 e. The van der Waals surface area contributed by atoms with Gasteiger partial charge >= 0.3 is 0 Å². The number of benzene rings is 2. The van der Waals surface area contributed by atoms with Crippen molar-refractivity contribution in [3.05, 3.63) is 70.5 Å². The Kier molecular flexibility index (Phi) is 3.39. The summed E-state index contributed by atoms with van der Waals surface area (Å²) in [4.78, 5) is 0. The van der Waals surface area contributed by atoms with Gasteiger partial charge in [-0.3, -0.25) is 0 Å². The molecule has 2 rings (SSSR count). The highest BCUT2D eigenvalue weighted by atomic mass is 19.1. The molecule has 2 aromatic rings. The number of rotatable bonds is 2. The molecule has 94 valence electrons. The lowest BCUT2D eigenvalue weighted by atomic mass is 9.99. The molecular formula is C14H11F3O. The number of hydrogen-bond acceptors (Lipinski definition) is 1. The number of aryl methyl sites for hydroxylation is 1. The van der Waals surface area contributed by atoms with Gasteiger partial charge in [0.15, 0.2) is 0 Å². The van der Waals surface area contributed by atoms with E-state index in [1.807, 2.05) is 0 Å². The summed E-state index contributed by atoms with van der Waals surface area (Å²) in [5.74, 6) is -2.23. The Morgan fingerprint density at radius 3 is 2.17 bits per heavy atom. The molecule has 0 aliphatic carbocycles. The first-order chi connectivity index (χ1) is 8.47. The second-order valence-electron chi connectivity index (χ2n) is 4.13. The van der Waals surface area contributed by atoms with Crippen molar-refractivity contribution >= 4 is 0 Å². The molecule has 0 aromatic heterocycles. The van der Waals surface area contributed by atoms with Crippen molar-refractivity contribution in [2.75, 3.05) is 0 Å². The van der Waals surface area contributed by atoms with Gasteiger partial charge in [-0.25, -0.2) is 13.2 Å². The second-order valence-corrected chi connectivity index (χ2v) is 4.13. The summed E-state index contributed by atoms with van der Waals surface area (Å²) in [5.41, 5.74) is 0.735. The van der Waals surface area contributed by atoms with E-state index in [0.717, 1.165) is 17.7 Å². The Morgan fingerprint density at radius 1 is 0.944 bits per heavy atom. The van der Waals surface area contributed by atoms with Gasteiger partial charge in [0.25, 0.3) is 0 Å². The van der Waals surface area contributed by atoms with E-state index in [-0.39, 0.29) is 11.1 Å². The van der Waals surface area contributed by atoms with Crippen LogP contribution in [0.4, 0.5) is 13.2 Å². The maximum absolute atomic E-state index is 13.6. The molecule has 1 nitrogen and oxygen atoms in total. The first kappa shape index (κ1) is 12.6. The van der Waals surface area contributed by atoms with Gasteiger partial charge in [0.1, 0.15) is 23.6 Å². The molecule has 0 radical (unpaired) electrons. The van der Waals surface area contributed by atoms with Crippen molar-refractivity contribution in [1.82, 2.24) is 0 Å². The highest BCUT2D eigenvalue weighted by Gasteiger charge is 2.16. The Hall–Kier alpha value is -1.81. The maximum atomic E-state index is 13.6. The van der Waals surface area contributed by atoms with Crippen LogP contribution in [0.5, 0.6) is 0 Å². The molecule has 0 fully saturated rings. The van der Waals surface area contributed by atoms with Crippen LogP contribution >= 0.6 is 0 Å². The molecule has 2 aromatic carbocycles. The van der Waals surface area contributed by atoms with Crippen LogP contribution in [0, 0.1) is 24.4 Å². The highest BCUT2D eigenvalue weighted by Crippen LogP contribution is 2.26. The Morgan fingerprint density at radius 2 is 1.56 bits per heavy atom. The highest BCUT2D eigenvalue weighted by molar-refractivity contribution is 5.33. The van der Waals surface area contributed by atoms with Crippen LogP contribution in [-0.4, -0.2) is 5.11 Å². The van der Waals surface area contributed by atoms with Crippen LogP contribution < -0.4 is 0 Å². The van der Waals surface area contributed by atoms with Gasteiger partial charge in [-0.15, -0.1) is 0 Å². The van der Waals surface area contributed by atoms with E-state index in [4.69, 9.17) is 0 Å². The minimum atomic E-state index is -1.39. The van der Waals surface area contributed by atoms with Crippen molar-refractivity contribution in [1.29, 1.82) is 0 Å². The fourth-order valence-electron chi connectivity index (χ4n) is 1.79. The summed E-state index contributed by atoms with van der Waals surface area (Å²) in [6.07, 6.45) is -1.39. The third-order valence-corrected chi connectivity index (χ3v) is 2.65. The van der Waals surface area contributed by atoms with Crippen molar-refractivity contribution in [3.8, 4) is 0 Å². The third-order valence-electron chi connectivity index (χ3n) is 2.65. The van der Waals surface area contributed by atoms with Crippen LogP contribution in [0.15, 0.2) is 36.4 Å². The van der Waals surface area contributed by atoms with E-state index in [9.17, 15) is 18.3 Å². The van der Waals surface area contributed by atoms with Gasteiger partial charge in [0.05, 0.1) is 0 Å². The van der Waals surface area contributed by atoms with Gasteiger partial charge in [-0.2, -0.15) is 0 Å². The lowest BCUT2D eigenvalue weighted by Gasteiger charge is -2.13. The lowest BCUT2D eigenvalue weighted by molar-refractivity contribution is 0.214. The van der Waals surface area contributed by atoms with Gasteiger partial charge in [-0.05, 0) is 30.7 Å². The summed E-state index contributed by atoms with van der Waals surface area (Å²) in [7, 11) is 0. The van der Waals surface area contributed by atoms with Crippen LogP contribution in [0.2, 0.25) is 0 Å². The normalized spacial score (nSPS) is 12.5. The SMILES string of the molecule is Cc1ccc(F)c(C(O)c2cc(F)cc(F)c2)c1. The average molecular weight is 252 g/mol. The minimum Gasteiger partial charge on any atom is -0.384 e. The molecule has 1 unspecified atom stereocenters. The summed E-state index contributed by atoms with van der Waals surface area (Å²) in [5, 5.41) is 9.97. The standard InChI is InChI=1S/C14H11F3O/c1-8-2-3-13(17)12(4-8)14(18)9-5-10(15)7-11(16)6-9/h2-7,14,18H,1H3. The molecule has 0 bridgehead atoms. The summed E-state index contributed by atoms with van der Waals surface area (Å²) < 4.78 is 39.6. The van der Waals surface area contributed by atoms with Crippen molar-refractivity contribution in [2.45, 2.75) is 13.0 Å². The summed E-state index contributed by atoms with van der Waals surface area (Å²) in [6.45, 7) is 1.74. The maximum Gasteiger partial charge on any atom is 0.129 e. The minimum absolute atomic E-state index is 0.000000000000000222. The van der Waals surface area contributed by atoms with E-state index in [2.05, 4.69) is 0 Å². The molecule has 0 amide bonds. The first-order valence-corrected chi connectivity index (χ1v) is 5.37. The van der Waals surface area contributed by atoms with Crippen LogP contribution in [0.3, 0.4) is 0 Å². The number of halogens is 3. The fraction of sp³-hybridized carbons (Fsp3) is 0.143. The van der Waals surface area contributed by atoms with E-state index in [0.29, 0.717) is 6.07 Å². The van der Waals surface area contributed by atoms with Crippen molar-refractivity contribution in [3.63, 3.8) is 0 Å². The van der Waals surface area contributed by atoms with Gasteiger partial charge in [-0.1, -0.05) is 17.7 Å². The molecular weight excluding hydrogens is 241 g/mol. The molecule has 0 saturated carbocycles. The van der Waals surface area contributed by atoms with Crippen LogP contribution in [0.1, 0.15) is 22.8 Å². The monoisotopic (exact) mass is 252 g/mol. The summed E-state index contributed by atoms with van der Waals surface area (Å²) >= 11 is 0. The topological polar surface area (TPSA) is 20.2 Å². The Balaban J connectivity index is 2.47. The van der Waals surface area contributed by atoms with E-state index >= 15 is 0 Å². The zero-order valence-electron chi connectivity index (χ0n) is 9.62. The number of aliphatic hydroxyl groups excluding tert-OH is 1. The molecule has 0 spiro atoms. The van der Waals surface area contributed by atoms with Crippen molar-refractivity contribution < 1.29 is 18.3 Å². The molecule has 0 aliphatic heterocycles. The molecule has 0 aliphatic rings. The molecule has 0 heterocycles. The van der Waals surface area contributed by atoms with Crippen LogP contribution in [0.25, 0.3) is 0 Å². The van der Waals surface area contributed by atoms with E-state index in [1.165, 1.54) is 12.1 Å². The third kappa shape index (κ3) is 2.54. The zero-order chi connectivity index (χ0) is 13.3. The summed E-state index contributed by atoms with van der Waals surface area (Å²) in [6, 6.07) is 6.87. The van der Waals surface area contributed by atoms with E-state index in [1.54, 1.807) is 13.0 Å². The molecule has 1 N–H and O–H groups in total. The fourth-order valence-corrected chi connectivity index (χ4v) is 1.79. The average Bonchev–Trinajstić information content (AvgIpc) is 2.30. The van der Waals surface area contributed by atoms with Crippen LogP contribution in [-0.2, 0) is 0 Å². The number of hydrogen-bond donors (Lipinski definition) is 1. The predicted molar refractivity (Wildman–Crippen MR) is 61.6 cm³/mol. The first-order valence-electron chi connectivity index (χ1n) is 5.37. The van der Waals surface area contributed by atoms with Gasteiger partial charge in [0, 0.05) is 11.6 Å². The Labute approximate surface area is 103 Å². The molecule has 4 heteroatoms. The molecule has 1 atom stereocenters. The second kappa shape index (κ2) is 4.82. The lowest BCUT2D eigenvalue weighted by Crippen LogP contribution is -2.04. The van der Waals surface area contributed by atoms with E-state index < -0.39 is 23.6 Å². The quantitative estimate of drug-likeness (QED) is 0.867. The Bertz CT molecular complexity index is 561. The number of aliphatic hydroxyl groups is 1. The molecule has 0 saturated heterocycles. The molecule has 18 heavy (non-hydrogen) atoms. The van der Waals surface area contributed by atoms with Gasteiger partial charge in [0.2, 0.25) is 0 Å².